The zero-order valence-electron chi connectivity index (χ0n) is 12.2. The van der Waals surface area contributed by atoms with Crippen molar-refractivity contribution in [2.24, 2.45) is 0 Å². The number of hydrogen-bond donors (Lipinski definition) is 1. The van der Waals surface area contributed by atoms with E-state index in [9.17, 15) is 0 Å². The Morgan fingerprint density at radius 1 is 1.09 bits per heavy atom. The topological polar surface area (TPSA) is 77.8 Å². The molecule has 2 N–H and O–H groups in total. The van der Waals surface area contributed by atoms with Crippen LogP contribution < -0.4 is 5.73 Å². The van der Waals surface area contributed by atoms with E-state index in [1.165, 1.54) is 9.75 Å². The van der Waals surface area contributed by atoms with Crippen molar-refractivity contribution < 1.29 is 4.42 Å². The van der Waals surface area contributed by atoms with Crippen LogP contribution in [0.1, 0.15) is 4.88 Å². The van der Waals surface area contributed by atoms with E-state index in [4.69, 9.17) is 15.1 Å². The van der Waals surface area contributed by atoms with E-state index < -0.39 is 0 Å². The third-order valence-electron chi connectivity index (χ3n) is 3.29. The first kappa shape index (κ1) is 14.1. The average Bonchev–Trinajstić information content (AvgIpc) is 3.27. The molecule has 23 heavy (non-hydrogen) atoms. The number of aryl methyl sites for hydroxylation is 1. The van der Waals surface area contributed by atoms with E-state index in [0.29, 0.717) is 5.89 Å². The quantitative estimate of drug-likeness (QED) is 0.595. The Morgan fingerprint density at radius 3 is 2.70 bits per heavy atom. The molecule has 4 rings (SSSR count). The molecule has 0 unspecified atom stereocenters. The molecule has 1 aromatic carbocycles. The van der Waals surface area contributed by atoms with Gasteiger partial charge in [-0.1, -0.05) is 17.2 Å². The maximum Gasteiger partial charge on any atom is 0.313 e. The second kappa shape index (κ2) is 5.60. The largest absolute Gasteiger partial charge is 0.404 e. The lowest BCUT2D eigenvalue weighted by molar-refractivity contribution is 0.590. The van der Waals surface area contributed by atoms with Gasteiger partial charge in [0.25, 0.3) is 0 Å². The maximum absolute atomic E-state index is 5.49. The fraction of sp³-hybridized carbons (Fsp3) is 0.0625. The zero-order chi connectivity index (χ0) is 15.8. The summed E-state index contributed by atoms with van der Waals surface area (Å²) < 4.78 is 5.28. The molecule has 114 valence electrons. The summed E-state index contributed by atoms with van der Waals surface area (Å²) in [6, 6.07) is 12.1. The number of thiophene rings is 1. The Balaban J connectivity index is 1.70. The highest BCUT2D eigenvalue weighted by Gasteiger charge is 2.11. The standard InChI is InChI=1S/C16H12N4OS2/c1-9-5-6-13(23-9)12-8-22-15(18-12)11-4-2-3-10(7-11)14-19-20-16(17)21-14/h2-8H,1H3,(H2,17,20). The van der Waals surface area contributed by atoms with Crippen LogP contribution in [-0.4, -0.2) is 15.2 Å². The second-order valence-electron chi connectivity index (χ2n) is 4.97. The maximum atomic E-state index is 5.49. The van der Waals surface area contributed by atoms with Crippen LogP contribution in [0.25, 0.3) is 32.6 Å². The highest BCUT2D eigenvalue weighted by atomic mass is 32.1. The molecular formula is C16H12N4OS2. The SMILES string of the molecule is Cc1ccc(-c2csc(-c3cccc(-c4nnc(N)o4)c3)n2)s1. The fourth-order valence-corrected chi connectivity index (χ4v) is 3.95. The summed E-state index contributed by atoms with van der Waals surface area (Å²) in [5.41, 5.74) is 8.34. The summed E-state index contributed by atoms with van der Waals surface area (Å²) >= 11 is 3.37. The Hall–Kier alpha value is -2.51. The number of anilines is 1. The van der Waals surface area contributed by atoms with Gasteiger partial charge in [0.2, 0.25) is 5.89 Å². The molecule has 0 amide bonds. The van der Waals surface area contributed by atoms with Crippen molar-refractivity contribution in [1.82, 2.24) is 15.2 Å². The minimum absolute atomic E-state index is 0.0648. The van der Waals surface area contributed by atoms with Gasteiger partial charge < -0.3 is 10.2 Å². The number of benzene rings is 1. The van der Waals surface area contributed by atoms with E-state index in [1.54, 1.807) is 22.7 Å². The van der Waals surface area contributed by atoms with Crippen LogP contribution in [0, 0.1) is 6.92 Å². The van der Waals surface area contributed by atoms with Crippen LogP contribution in [0.3, 0.4) is 0 Å². The Labute approximate surface area is 140 Å². The van der Waals surface area contributed by atoms with E-state index >= 15 is 0 Å². The molecule has 0 fully saturated rings. The van der Waals surface area contributed by atoms with E-state index in [1.807, 2.05) is 24.3 Å². The van der Waals surface area contributed by atoms with Gasteiger partial charge in [-0.25, -0.2) is 4.98 Å². The molecule has 7 heteroatoms. The average molecular weight is 340 g/mol. The molecule has 4 aromatic rings. The van der Waals surface area contributed by atoms with Crippen molar-refractivity contribution >= 4 is 28.7 Å². The van der Waals surface area contributed by atoms with Crippen molar-refractivity contribution in [1.29, 1.82) is 0 Å². The smallest absolute Gasteiger partial charge is 0.313 e. The summed E-state index contributed by atoms with van der Waals surface area (Å²) in [6.45, 7) is 2.10. The lowest BCUT2D eigenvalue weighted by Crippen LogP contribution is -1.81. The molecule has 0 bridgehead atoms. The molecule has 0 aliphatic heterocycles. The third kappa shape index (κ3) is 2.76. The molecular weight excluding hydrogens is 328 g/mol. The van der Waals surface area contributed by atoms with Gasteiger partial charge >= 0.3 is 6.01 Å². The van der Waals surface area contributed by atoms with Crippen LogP contribution >= 0.6 is 22.7 Å². The Morgan fingerprint density at radius 2 is 1.96 bits per heavy atom. The number of rotatable bonds is 3. The molecule has 0 saturated heterocycles. The van der Waals surface area contributed by atoms with Crippen LogP contribution in [0.2, 0.25) is 0 Å². The van der Waals surface area contributed by atoms with Gasteiger partial charge in [-0.15, -0.1) is 27.8 Å². The number of thiazole rings is 1. The highest BCUT2D eigenvalue weighted by molar-refractivity contribution is 7.16. The minimum Gasteiger partial charge on any atom is -0.404 e. The first-order valence-electron chi connectivity index (χ1n) is 6.91. The molecule has 0 spiro atoms. The molecule has 0 radical (unpaired) electrons. The van der Waals surface area contributed by atoms with Crippen molar-refractivity contribution in [2.45, 2.75) is 6.92 Å². The van der Waals surface area contributed by atoms with Crippen LogP contribution in [-0.2, 0) is 0 Å². The van der Waals surface area contributed by atoms with Gasteiger partial charge in [-0.3, -0.25) is 0 Å². The molecule has 0 atom stereocenters. The number of nitrogen functional groups attached to an aromatic ring is 1. The first-order chi connectivity index (χ1) is 11.2. The number of nitrogens with two attached hydrogens (primary N) is 1. The summed E-state index contributed by atoms with van der Waals surface area (Å²) in [6.07, 6.45) is 0. The minimum atomic E-state index is 0.0648. The zero-order valence-corrected chi connectivity index (χ0v) is 13.8. The fourth-order valence-electron chi connectivity index (χ4n) is 2.23. The highest BCUT2D eigenvalue weighted by Crippen LogP contribution is 2.33. The predicted molar refractivity (Wildman–Crippen MR) is 93.3 cm³/mol. The molecule has 3 aromatic heterocycles. The van der Waals surface area contributed by atoms with Gasteiger partial charge in [0.1, 0.15) is 5.01 Å². The summed E-state index contributed by atoms with van der Waals surface area (Å²) in [4.78, 5) is 7.21. The first-order valence-corrected chi connectivity index (χ1v) is 8.61. The summed E-state index contributed by atoms with van der Waals surface area (Å²) in [7, 11) is 0. The summed E-state index contributed by atoms with van der Waals surface area (Å²) in [5, 5.41) is 10.7. The van der Waals surface area contributed by atoms with Gasteiger partial charge in [0.05, 0.1) is 10.6 Å². The molecule has 0 aliphatic carbocycles. The Kier molecular flexibility index (Phi) is 3.44. The van der Waals surface area contributed by atoms with Crippen molar-refractivity contribution in [3.63, 3.8) is 0 Å². The van der Waals surface area contributed by atoms with Crippen molar-refractivity contribution in [2.75, 3.05) is 5.73 Å². The third-order valence-corrected chi connectivity index (χ3v) is 5.21. The molecule has 0 aliphatic rings. The normalized spacial score (nSPS) is 11.0. The molecule has 3 heterocycles. The number of aromatic nitrogens is 3. The van der Waals surface area contributed by atoms with E-state index in [0.717, 1.165) is 21.8 Å². The number of hydrogen-bond acceptors (Lipinski definition) is 7. The Bertz CT molecular complexity index is 970. The van der Waals surface area contributed by atoms with Crippen LogP contribution in [0.15, 0.2) is 46.2 Å². The van der Waals surface area contributed by atoms with E-state index in [2.05, 4.69) is 34.6 Å². The number of nitrogens with zero attached hydrogens (tertiary/aromatic N) is 3. The van der Waals surface area contributed by atoms with Crippen LogP contribution in [0.5, 0.6) is 0 Å². The van der Waals surface area contributed by atoms with E-state index in [-0.39, 0.29) is 6.01 Å². The monoisotopic (exact) mass is 340 g/mol. The molecule has 0 saturated carbocycles. The van der Waals surface area contributed by atoms with Gasteiger partial charge in [-0.05, 0) is 31.2 Å². The lowest BCUT2D eigenvalue weighted by Gasteiger charge is -1.99. The molecule has 5 nitrogen and oxygen atoms in total. The van der Waals surface area contributed by atoms with Gasteiger partial charge in [0, 0.05) is 21.4 Å². The van der Waals surface area contributed by atoms with Crippen molar-refractivity contribution in [3.05, 3.63) is 46.7 Å². The lowest BCUT2D eigenvalue weighted by atomic mass is 10.1. The van der Waals surface area contributed by atoms with Gasteiger partial charge in [-0.2, -0.15) is 0 Å². The summed E-state index contributed by atoms with van der Waals surface area (Å²) in [5.74, 6) is 0.412. The van der Waals surface area contributed by atoms with Crippen molar-refractivity contribution in [3.8, 4) is 32.6 Å². The second-order valence-corrected chi connectivity index (χ2v) is 7.12. The van der Waals surface area contributed by atoms with Gasteiger partial charge in [0.15, 0.2) is 0 Å². The van der Waals surface area contributed by atoms with Crippen LogP contribution in [0.4, 0.5) is 6.01 Å². The predicted octanol–water partition coefficient (Wildman–Crippen LogP) is 4.48.